The van der Waals surface area contributed by atoms with Gasteiger partial charge in [-0.2, -0.15) is 17.4 Å². The van der Waals surface area contributed by atoms with E-state index < -0.39 is 28.3 Å². The number of nitrogens with one attached hydrogen (secondary N) is 2. The Morgan fingerprint density at radius 3 is 2.59 bits per heavy atom. The van der Waals surface area contributed by atoms with Crippen LogP contribution < -0.4 is 21.5 Å². The second-order valence-corrected chi connectivity index (χ2v) is 11.4. The minimum atomic E-state index is -3.67. The van der Waals surface area contributed by atoms with Gasteiger partial charge in [-0.3, -0.25) is 24.0 Å². The van der Waals surface area contributed by atoms with E-state index in [-0.39, 0.29) is 56.8 Å². The summed E-state index contributed by atoms with van der Waals surface area (Å²) in [6.07, 6.45) is 1.23. The number of para-hydroxylation sites is 1. The molecule has 3 amide bonds. The van der Waals surface area contributed by atoms with E-state index in [2.05, 4.69) is 10.0 Å². The van der Waals surface area contributed by atoms with Gasteiger partial charge in [-0.05, 0) is 43.7 Å². The molecule has 2 fully saturated rings. The number of nitrogens with zero attached hydrogens (tertiary/aromatic N) is 3. The van der Waals surface area contributed by atoms with E-state index in [9.17, 15) is 27.6 Å². The first-order valence-electron chi connectivity index (χ1n) is 12.9. The number of hydrogen-bond donors (Lipinski definition) is 3. The van der Waals surface area contributed by atoms with Gasteiger partial charge < -0.3 is 15.2 Å². The molecule has 0 saturated carbocycles. The molecular weight excluding hydrogens is 532 g/mol. The lowest BCUT2D eigenvalue weighted by molar-refractivity contribution is -0.135. The maximum absolute atomic E-state index is 13.0. The Kier molecular flexibility index (Phi) is 9.04. The molecule has 1 unspecified atom stereocenters. The maximum Gasteiger partial charge on any atom is 0.404 e. The first-order chi connectivity index (χ1) is 18.6. The molecule has 39 heavy (non-hydrogen) atoms. The van der Waals surface area contributed by atoms with Crippen molar-refractivity contribution in [2.24, 2.45) is 12.8 Å². The van der Waals surface area contributed by atoms with E-state index >= 15 is 0 Å². The molecule has 0 radical (unpaired) electrons. The van der Waals surface area contributed by atoms with Gasteiger partial charge in [0.2, 0.25) is 11.8 Å². The molecule has 1 aromatic heterocycles. The number of ether oxygens (including phenoxy) is 2. The fourth-order valence-corrected chi connectivity index (χ4v) is 6.32. The number of nitrogens with two attached hydrogens (primary N) is 1. The van der Waals surface area contributed by atoms with Crippen molar-refractivity contribution in [1.82, 2.24) is 23.5 Å². The number of primary amides is 1. The van der Waals surface area contributed by atoms with Gasteiger partial charge in [0, 0.05) is 39.7 Å². The molecule has 214 valence electrons. The Labute approximate surface area is 225 Å². The lowest BCUT2D eigenvalue weighted by Crippen LogP contribution is -2.47. The number of carbonyl (C=O) groups excluding carboxylic acids is 3. The number of benzene rings is 1. The Morgan fingerprint density at radius 2 is 1.90 bits per heavy atom. The number of aryl methyl sites for hydroxylation is 2. The molecule has 0 bridgehead atoms. The van der Waals surface area contributed by atoms with Crippen molar-refractivity contribution < 1.29 is 32.3 Å². The molecule has 3 heterocycles. The molecular formula is C24H34N6O8S. The molecule has 4 rings (SSSR count). The Balaban J connectivity index is 1.25. The number of piperidine rings is 2. The Bertz CT molecular complexity index is 1390. The maximum atomic E-state index is 13.0. The topological polar surface area (TPSA) is 184 Å². The molecule has 4 N–H and O–H groups in total. The normalized spacial score (nSPS) is 19.4. The second kappa shape index (κ2) is 12.3. The third kappa shape index (κ3) is 6.66. The zero-order valence-corrected chi connectivity index (χ0v) is 22.6. The number of aromatic nitrogens is 2. The molecule has 14 nitrogen and oxygen atoms in total. The largest absolute Gasteiger partial charge is 0.446 e. The van der Waals surface area contributed by atoms with Crippen LogP contribution >= 0.6 is 0 Å². The predicted molar refractivity (Wildman–Crippen MR) is 140 cm³/mol. The van der Waals surface area contributed by atoms with Crippen LogP contribution in [0.2, 0.25) is 0 Å². The highest BCUT2D eigenvalue weighted by Crippen LogP contribution is 2.25. The van der Waals surface area contributed by atoms with E-state index in [4.69, 9.17) is 15.2 Å². The number of rotatable bonds is 11. The van der Waals surface area contributed by atoms with E-state index in [0.717, 1.165) is 11.1 Å². The number of carbonyl (C=O) groups is 3. The summed E-state index contributed by atoms with van der Waals surface area (Å²) in [6, 6.07) is 4.80. The molecule has 2 aliphatic rings. The number of imidazole rings is 1. The molecule has 2 saturated heterocycles. The van der Waals surface area contributed by atoms with Crippen LogP contribution in [0.1, 0.15) is 43.7 Å². The van der Waals surface area contributed by atoms with Crippen LogP contribution in [0.3, 0.4) is 0 Å². The summed E-state index contributed by atoms with van der Waals surface area (Å²) in [4.78, 5) is 47.8. The molecule has 1 atom stereocenters. The first kappa shape index (κ1) is 28.7. The minimum absolute atomic E-state index is 0.110. The molecule has 2 aliphatic heterocycles. The van der Waals surface area contributed by atoms with Crippen molar-refractivity contribution in [2.75, 3.05) is 32.8 Å². The number of hydrogen-bond acceptors (Lipinski definition) is 8. The minimum Gasteiger partial charge on any atom is -0.446 e. The first-order valence-corrected chi connectivity index (χ1v) is 14.3. The van der Waals surface area contributed by atoms with Crippen LogP contribution in [0, 0.1) is 0 Å². The highest BCUT2D eigenvalue weighted by atomic mass is 32.2. The van der Waals surface area contributed by atoms with Crippen molar-refractivity contribution >= 4 is 39.2 Å². The number of fused-ring (bicyclic) bond motifs is 1. The summed E-state index contributed by atoms with van der Waals surface area (Å²) in [5.74, 6) is -0.813. The van der Waals surface area contributed by atoms with Crippen molar-refractivity contribution in [3.63, 3.8) is 0 Å². The fourth-order valence-electron chi connectivity index (χ4n) is 5.11. The summed E-state index contributed by atoms with van der Waals surface area (Å²) >= 11 is 0. The standard InChI is InChI=1S/C24H34N6O8S/c1-28-21-16(4-2-6-18(21)30(24(28)34)19-7-8-20(31)27-22(19)32)5-3-14-37-15-11-26-39(35,36)29-12-9-17(10-13-29)38-23(25)33/h2,4,6,17,19,26H,3,5,7-15H2,1H3,(H2,25,33)(H,27,31,32). The van der Waals surface area contributed by atoms with Gasteiger partial charge in [0.1, 0.15) is 12.1 Å². The van der Waals surface area contributed by atoms with Crippen LogP contribution in [-0.4, -0.2) is 78.7 Å². The zero-order valence-electron chi connectivity index (χ0n) is 21.8. The van der Waals surface area contributed by atoms with Gasteiger partial charge in [-0.25, -0.2) is 9.59 Å². The van der Waals surface area contributed by atoms with E-state index in [1.54, 1.807) is 13.1 Å². The Hall–Kier alpha value is -3.27. The highest BCUT2D eigenvalue weighted by Gasteiger charge is 2.32. The Morgan fingerprint density at radius 1 is 1.15 bits per heavy atom. The summed E-state index contributed by atoms with van der Waals surface area (Å²) in [5.41, 5.74) is 6.97. The summed E-state index contributed by atoms with van der Waals surface area (Å²) in [5, 5.41) is 2.31. The predicted octanol–water partition coefficient (Wildman–Crippen LogP) is -0.339. The summed E-state index contributed by atoms with van der Waals surface area (Å²) in [7, 11) is -2.01. The molecule has 2 aromatic rings. The summed E-state index contributed by atoms with van der Waals surface area (Å²) < 4.78 is 42.3. The third-order valence-corrected chi connectivity index (χ3v) is 8.61. The quantitative estimate of drug-likeness (QED) is 0.244. The number of amides is 3. The average Bonchev–Trinajstić information content (AvgIpc) is 3.14. The van der Waals surface area contributed by atoms with Crippen LogP contribution in [-0.2, 0) is 42.7 Å². The van der Waals surface area contributed by atoms with Crippen LogP contribution in [0.5, 0.6) is 0 Å². The molecule has 0 spiro atoms. The summed E-state index contributed by atoms with van der Waals surface area (Å²) in [6.45, 7) is 1.14. The van der Waals surface area contributed by atoms with Gasteiger partial charge in [-0.15, -0.1) is 0 Å². The van der Waals surface area contributed by atoms with Crippen LogP contribution in [0.25, 0.3) is 11.0 Å². The van der Waals surface area contributed by atoms with Gasteiger partial charge in [0.05, 0.1) is 17.6 Å². The smallest absolute Gasteiger partial charge is 0.404 e. The lowest BCUT2D eigenvalue weighted by Gasteiger charge is -2.30. The monoisotopic (exact) mass is 566 g/mol. The second-order valence-electron chi connectivity index (χ2n) is 9.61. The SMILES string of the molecule is Cn1c(=O)n(C2CCC(=O)NC2=O)c2cccc(CCCOCCNS(=O)(=O)N3CCC(OC(N)=O)CC3)c21. The van der Waals surface area contributed by atoms with E-state index in [1.165, 1.54) is 13.4 Å². The van der Waals surface area contributed by atoms with Gasteiger partial charge in [0.25, 0.3) is 10.2 Å². The average molecular weight is 567 g/mol. The molecule has 15 heteroatoms. The van der Waals surface area contributed by atoms with Crippen molar-refractivity contribution in [2.45, 2.75) is 50.7 Å². The van der Waals surface area contributed by atoms with Gasteiger partial charge >= 0.3 is 11.8 Å². The lowest BCUT2D eigenvalue weighted by atomic mass is 10.0. The highest BCUT2D eigenvalue weighted by molar-refractivity contribution is 7.87. The van der Waals surface area contributed by atoms with Crippen LogP contribution in [0.15, 0.2) is 23.0 Å². The molecule has 0 aliphatic carbocycles. The van der Waals surface area contributed by atoms with Crippen molar-refractivity contribution in [1.29, 1.82) is 0 Å². The zero-order chi connectivity index (χ0) is 28.2. The van der Waals surface area contributed by atoms with Gasteiger partial charge in [0.15, 0.2) is 0 Å². The van der Waals surface area contributed by atoms with Crippen molar-refractivity contribution in [3.8, 4) is 0 Å². The fraction of sp³-hybridized carbons (Fsp3) is 0.583. The number of imide groups is 1. The van der Waals surface area contributed by atoms with E-state index in [0.29, 0.717) is 37.8 Å². The van der Waals surface area contributed by atoms with Crippen LogP contribution in [0.4, 0.5) is 4.79 Å². The third-order valence-electron chi connectivity index (χ3n) is 7.00. The van der Waals surface area contributed by atoms with Gasteiger partial charge in [-0.1, -0.05) is 12.1 Å². The van der Waals surface area contributed by atoms with E-state index in [1.807, 2.05) is 12.1 Å². The van der Waals surface area contributed by atoms with Crippen molar-refractivity contribution in [3.05, 3.63) is 34.2 Å². The molecule has 1 aromatic carbocycles.